The van der Waals surface area contributed by atoms with Gasteiger partial charge in [0.05, 0.1) is 12.5 Å². The van der Waals surface area contributed by atoms with Crippen molar-refractivity contribution in [3.8, 4) is 0 Å². The van der Waals surface area contributed by atoms with E-state index in [2.05, 4.69) is 16.7 Å². The van der Waals surface area contributed by atoms with Gasteiger partial charge >= 0.3 is 0 Å². The van der Waals surface area contributed by atoms with Crippen LogP contribution in [0.3, 0.4) is 0 Å². The van der Waals surface area contributed by atoms with Gasteiger partial charge in [-0.2, -0.15) is 0 Å². The van der Waals surface area contributed by atoms with Gasteiger partial charge in [0.1, 0.15) is 0 Å². The number of thioether (sulfide) groups is 1. The first-order valence-electron chi connectivity index (χ1n) is 7.58. The first kappa shape index (κ1) is 16.4. The Morgan fingerprint density at radius 3 is 2.96 bits per heavy atom. The highest BCUT2D eigenvalue weighted by atomic mass is 35.5. The lowest BCUT2D eigenvalue weighted by molar-refractivity contribution is -0.121. The van der Waals surface area contributed by atoms with Crippen LogP contribution in [-0.4, -0.2) is 18.7 Å². The molecule has 5 heteroatoms. The fraction of sp³-hybridized carbons (Fsp3) is 0.278. The van der Waals surface area contributed by atoms with Crippen molar-refractivity contribution in [1.82, 2.24) is 10.6 Å². The van der Waals surface area contributed by atoms with Crippen molar-refractivity contribution in [2.24, 2.45) is 0 Å². The van der Waals surface area contributed by atoms with Gasteiger partial charge in [0.2, 0.25) is 5.91 Å². The fourth-order valence-corrected chi connectivity index (χ4v) is 3.91. The zero-order valence-corrected chi connectivity index (χ0v) is 14.5. The molecule has 120 valence electrons. The number of rotatable bonds is 4. The molecule has 1 unspecified atom stereocenters. The molecule has 2 aromatic rings. The molecule has 0 spiro atoms. The van der Waals surface area contributed by atoms with Crippen LogP contribution in [-0.2, 0) is 17.8 Å². The normalized spacial score (nSPS) is 16.7. The molecule has 23 heavy (non-hydrogen) atoms. The van der Waals surface area contributed by atoms with Crippen LogP contribution in [0.2, 0.25) is 5.02 Å². The minimum Gasteiger partial charge on any atom is -0.348 e. The van der Waals surface area contributed by atoms with Crippen LogP contribution in [0.15, 0.2) is 47.4 Å². The number of benzene rings is 2. The standard InChI is InChI=1S/C18H19ClN2OS/c1-23-16-8-3-2-5-12(16)9-17(22)21-15-11-20-10-13-6-4-7-14(19)18(13)15/h2-8,15,20H,9-11H2,1H3,(H,21,22). The van der Waals surface area contributed by atoms with E-state index in [1.165, 1.54) is 0 Å². The van der Waals surface area contributed by atoms with Crippen molar-refractivity contribution in [3.05, 3.63) is 64.2 Å². The maximum Gasteiger partial charge on any atom is 0.224 e. The van der Waals surface area contributed by atoms with Gasteiger partial charge in [-0.05, 0) is 35.1 Å². The molecule has 0 aliphatic carbocycles. The van der Waals surface area contributed by atoms with Crippen molar-refractivity contribution < 1.29 is 4.79 Å². The maximum atomic E-state index is 12.5. The van der Waals surface area contributed by atoms with Gasteiger partial charge in [-0.3, -0.25) is 4.79 Å². The van der Waals surface area contributed by atoms with Gasteiger partial charge in [0.25, 0.3) is 0 Å². The monoisotopic (exact) mass is 346 g/mol. The molecule has 0 bridgehead atoms. The van der Waals surface area contributed by atoms with E-state index < -0.39 is 0 Å². The summed E-state index contributed by atoms with van der Waals surface area (Å²) in [6, 6.07) is 13.8. The quantitative estimate of drug-likeness (QED) is 0.832. The van der Waals surface area contributed by atoms with Crippen molar-refractivity contribution in [2.75, 3.05) is 12.8 Å². The predicted molar refractivity (Wildman–Crippen MR) is 96.0 cm³/mol. The molecule has 1 heterocycles. The number of nitrogens with one attached hydrogen (secondary N) is 2. The summed E-state index contributed by atoms with van der Waals surface area (Å²) in [7, 11) is 0. The second kappa shape index (κ2) is 7.39. The zero-order chi connectivity index (χ0) is 16.2. The third-order valence-electron chi connectivity index (χ3n) is 4.03. The Hall–Kier alpha value is -1.49. The van der Waals surface area contributed by atoms with Crippen LogP contribution in [0, 0.1) is 0 Å². The zero-order valence-electron chi connectivity index (χ0n) is 12.9. The summed E-state index contributed by atoms with van der Waals surface area (Å²) in [5, 5.41) is 7.17. The highest BCUT2D eigenvalue weighted by molar-refractivity contribution is 7.98. The molecule has 2 N–H and O–H groups in total. The average Bonchev–Trinajstić information content (AvgIpc) is 2.55. The third kappa shape index (κ3) is 3.71. The van der Waals surface area contributed by atoms with Crippen molar-refractivity contribution in [2.45, 2.75) is 23.9 Å². The van der Waals surface area contributed by atoms with Crippen molar-refractivity contribution in [3.63, 3.8) is 0 Å². The number of fused-ring (bicyclic) bond motifs is 1. The Balaban J connectivity index is 1.75. The van der Waals surface area contributed by atoms with Crippen LogP contribution in [0.25, 0.3) is 0 Å². The molecular formula is C18H19ClN2OS. The van der Waals surface area contributed by atoms with Crippen LogP contribution < -0.4 is 10.6 Å². The molecule has 0 aromatic heterocycles. The third-order valence-corrected chi connectivity index (χ3v) is 5.20. The lowest BCUT2D eigenvalue weighted by atomic mass is 9.96. The molecule has 1 aliphatic rings. The Morgan fingerprint density at radius 2 is 2.13 bits per heavy atom. The van der Waals surface area contributed by atoms with Crippen LogP contribution in [0.1, 0.15) is 22.7 Å². The summed E-state index contributed by atoms with van der Waals surface area (Å²) < 4.78 is 0. The van der Waals surface area contributed by atoms with E-state index >= 15 is 0 Å². The smallest absolute Gasteiger partial charge is 0.224 e. The second-order valence-electron chi connectivity index (χ2n) is 5.55. The van der Waals surface area contributed by atoms with E-state index in [9.17, 15) is 4.79 Å². The lowest BCUT2D eigenvalue weighted by Gasteiger charge is -2.28. The van der Waals surface area contributed by atoms with Gasteiger partial charge in [0, 0.05) is 23.0 Å². The van der Waals surface area contributed by atoms with Gasteiger partial charge in [-0.15, -0.1) is 11.8 Å². The summed E-state index contributed by atoms with van der Waals surface area (Å²) in [4.78, 5) is 13.6. The molecule has 0 fully saturated rings. The summed E-state index contributed by atoms with van der Waals surface area (Å²) in [6.45, 7) is 1.49. The number of carbonyl (C=O) groups is 1. The number of amides is 1. The maximum absolute atomic E-state index is 12.5. The Labute approximate surface area is 145 Å². The first-order valence-corrected chi connectivity index (χ1v) is 9.18. The van der Waals surface area contributed by atoms with E-state index in [1.807, 2.05) is 42.7 Å². The minimum absolute atomic E-state index is 0.0195. The van der Waals surface area contributed by atoms with Gasteiger partial charge < -0.3 is 10.6 Å². The summed E-state index contributed by atoms with van der Waals surface area (Å²) >= 11 is 8.01. The molecule has 3 rings (SSSR count). The Morgan fingerprint density at radius 1 is 1.30 bits per heavy atom. The molecule has 0 saturated carbocycles. The molecule has 2 aromatic carbocycles. The van der Waals surface area contributed by atoms with Gasteiger partial charge in [-0.1, -0.05) is 41.9 Å². The van der Waals surface area contributed by atoms with E-state index in [-0.39, 0.29) is 11.9 Å². The first-order chi connectivity index (χ1) is 11.2. The average molecular weight is 347 g/mol. The number of halogens is 1. The summed E-state index contributed by atoms with van der Waals surface area (Å²) in [5.41, 5.74) is 3.25. The summed E-state index contributed by atoms with van der Waals surface area (Å²) in [5.74, 6) is 0.0195. The van der Waals surface area contributed by atoms with Crippen molar-refractivity contribution in [1.29, 1.82) is 0 Å². The van der Waals surface area contributed by atoms with Gasteiger partial charge in [0.15, 0.2) is 0 Å². The Bertz CT molecular complexity index is 720. The van der Waals surface area contributed by atoms with Crippen LogP contribution in [0.5, 0.6) is 0 Å². The SMILES string of the molecule is CSc1ccccc1CC(=O)NC1CNCc2cccc(Cl)c21. The predicted octanol–water partition coefficient (Wildman–Crippen LogP) is 3.57. The topological polar surface area (TPSA) is 41.1 Å². The highest BCUT2D eigenvalue weighted by Crippen LogP contribution is 2.29. The second-order valence-corrected chi connectivity index (χ2v) is 6.81. The molecule has 1 amide bonds. The number of hydrogen-bond donors (Lipinski definition) is 2. The van der Waals surface area contributed by atoms with E-state index in [0.717, 1.165) is 33.2 Å². The molecule has 0 saturated heterocycles. The molecular weight excluding hydrogens is 328 g/mol. The van der Waals surface area contributed by atoms with Crippen molar-refractivity contribution >= 4 is 29.3 Å². The molecule has 1 aliphatic heterocycles. The summed E-state index contributed by atoms with van der Waals surface area (Å²) in [6.07, 6.45) is 2.41. The largest absolute Gasteiger partial charge is 0.348 e. The molecule has 3 nitrogen and oxygen atoms in total. The van der Waals surface area contributed by atoms with E-state index in [4.69, 9.17) is 11.6 Å². The van der Waals surface area contributed by atoms with Crippen LogP contribution >= 0.6 is 23.4 Å². The van der Waals surface area contributed by atoms with Crippen LogP contribution in [0.4, 0.5) is 0 Å². The Kier molecular flexibility index (Phi) is 5.26. The molecule has 1 atom stereocenters. The van der Waals surface area contributed by atoms with E-state index in [1.54, 1.807) is 11.8 Å². The van der Waals surface area contributed by atoms with Gasteiger partial charge in [-0.25, -0.2) is 0 Å². The lowest BCUT2D eigenvalue weighted by Crippen LogP contribution is -2.40. The number of hydrogen-bond acceptors (Lipinski definition) is 3. The minimum atomic E-state index is -0.0820. The highest BCUT2D eigenvalue weighted by Gasteiger charge is 2.24. The molecule has 0 radical (unpaired) electrons. The fourth-order valence-electron chi connectivity index (χ4n) is 2.97. The number of carbonyl (C=O) groups excluding carboxylic acids is 1. The van der Waals surface area contributed by atoms with E-state index in [0.29, 0.717) is 13.0 Å².